The van der Waals surface area contributed by atoms with Crippen LogP contribution in [0, 0.1) is 0 Å². The van der Waals surface area contributed by atoms with Crippen LogP contribution in [-0.2, 0) is 33.2 Å². The number of unbranched alkanes of at least 4 members (excludes halogenated alkanes) is 24. The Morgan fingerprint density at radius 2 is 0.861 bits per heavy atom. The van der Waals surface area contributed by atoms with E-state index in [1.165, 1.54) is 122 Å². The fourth-order valence-corrected chi connectivity index (χ4v) is 8.88. The van der Waals surface area contributed by atoms with Gasteiger partial charge < -0.3 is 64.2 Å². The number of esters is 1. The molecular formula is C58H104O14. The van der Waals surface area contributed by atoms with Crippen molar-refractivity contribution < 1.29 is 69.0 Å². The molecule has 0 spiro atoms. The minimum Gasteiger partial charge on any atom is -0.457 e. The third-order valence-electron chi connectivity index (χ3n) is 13.6. The summed E-state index contributed by atoms with van der Waals surface area (Å²) in [5.74, 6) is -0.384. The molecule has 0 amide bonds. The van der Waals surface area contributed by atoms with Crippen LogP contribution >= 0.6 is 0 Å². The molecule has 2 fully saturated rings. The molecule has 11 unspecified atom stereocenters. The number of hydrogen-bond donors (Lipinski definition) is 7. The van der Waals surface area contributed by atoms with Crippen LogP contribution in [0.1, 0.15) is 213 Å². The van der Waals surface area contributed by atoms with Gasteiger partial charge in [-0.25, -0.2) is 0 Å². The molecule has 0 radical (unpaired) electrons. The monoisotopic (exact) mass is 1020 g/mol. The van der Waals surface area contributed by atoms with E-state index in [1.807, 2.05) is 0 Å². The number of rotatable bonds is 46. The van der Waals surface area contributed by atoms with Gasteiger partial charge in [0.15, 0.2) is 12.6 Å². The predicted octanol–water partition coefficient (Wildman–Crippen LogP) is 9.91. The molecule has 2 heterocycles. The van der Waals surface area contributed by atoms with Crippen LogP contribution in [0.5, 0.6) is 0 Å². The summed E-state index contributed by atoms with van der Waals surface area (Å²) in [6, 6.07) is 0. The summed E-state index contributed by atoms with van der Waals surface area (Å²) in [5, 5.41) is 72.3. The second-order valence-electron chi connectivity index (χ2n) is 20.1. The summed E-state index contributed by atoms with van der Waals surface area (Å²) in [6.07, 6.45) is 37.3. The second-order valence-corrected chi connectivity index (χ2v) is 20.1. The fourth-order valence-electron chi connectivity index (χ4n) is 8.88. The number of ether oxygens (including phenoxy) is 6. The van der Waals surface area contributed by atoms with E-state index in [-0.39, 0.29) is 25.6 Å². The zero-order valence-corrected chi connectivity index (χ0v) is 44.9. The molecule has 0 aromatic carbocycles. The minimum atomic E-state index is -1.71. The third kappa shape index (κ3) is 31.7. The molecule has 72 heavy (non-hydrogen) atoms. The van der Waals surface area contributed by atoms with Crippen LogP contribution in [0.25, 0.3) is 0 Å². The highest BCUT2D eigenvalue weighted by Crippen LogP contribution is 2.26. The van der Waals surface area contributed by atoms with Gasteiger partial charge in [0.05, 0.1) is 26.4 Å². The van der Waals surface area contributed by atoms with E-state index in [0.717, 1.165) is 64.2 Å². The van der Waals surface area contributed by atoms with Crippen molar-refractivity contribution in [2.45, 2.75) is 280 Å². The van der Waals surface area contributed by atoms with Gasteiger partial charge in [0.1, 0.15) is 54.9 Å². The van der Waals surface area contributed by atoms with Gasteiger partial charge >= 0.3 is 5.97 Å². The highest BCUT2D eigenvalue weighted by Gasteiger charge is 2.47. The zero-order valence-electron chi connectivity index (χ0n) is 44.9. The first kappa shape index (κ1) is 66.1. The number of carbonyl (C=O) groups is 1. The Balaban J connectivity index is 1.73. The number of hydrogen-bond acceptors (Lipinski definition) is 14. The first-order valence-electron chi connectivity index (χ1n) is 28.7. The number of aliphatic hydroxyl groups excluding tert-OH is 7. The number of allylic oxidation sites excluding steroid dienone is 8. The largest absolute Gasteiger partial charge is 0.457 e. The molecule has 0 aliphatic carbocycles. The van der Waals surface area contributed by atoms with Crippen molar-refractivity contribution in [2.24, 2.45) is 0 Å². The summed E-state index contributed by atoms with van der Waals surface area (Å²) >= 11 is 0. The summed E-state index contributed by atoms with van der Waals surface area (Å²) in [4.78, 5) is 13.1. The van der Waals surface area contributed by atoms with Gasteiger partial charge in [0.25, 0.3) is 0 Å². The lowest BCUT2D eigenvalue weighted by molar-refractivity contribution is -0.332. The second kappa shape index (κ2) is 45.2. The van der Waals surface area contributed by atoms with Gasteiger partial charge in [-0.05, 0) is 77.0 Å². The van der Waals surface area contributed by atoms with E-state index in [4.69, 9.17) is 28.4 Å². The normalized spacial score (nSPS) is 25.5. The average Bonchev–Trinajstić information content (AvgIpc) is 3.38. The topological polar surface area (TPSA) is 214 Å². The summed E-state index contributed by atoms with van der Waals surface area (Å²) in [7, 11) is 0. The highest BCUT2D eigenvalue weighted by atomic mass is 16.7. The van der Waals surface area contributed by atoms with Gasteiger partial charge in [-0.2, -0.15) is 0 Å². The lowest BCUT2D eigenvalue weighted by atomic mass is 9.98. The molecule has 11 atom stereocenters. The van der Waals surface area contributed by atoms with Crippen LogP contribution in [0.4, 0.5) is 0 Å². The lowest BCUT2D eigenvalue weighted by Gasteiger charge is -2.42. The van der Waals surface area contributed by atoms with Crippen molar-refractivity contribution in [3.63, 3.8) is 0 Å². The summed E-state index contributed by atoms with van der Waals surface area (Å²) < 4.78 is 34.4. The van der Waals surface area contributed by atoms with Gasteiger partial charge in [-0.1, -0.05) is 178 Å². The SMILES string of the molecule is CCCCC/C=C\C/C=C\C/C=C\CCCCCCCCCOCC(COC1OC(COC2OC(CO)C(O)C(O)C2O)C(O)C(O)C1O)OC(=O)CCCCCCCCC/C=C\CCCCCCCCC. The van der Waals surface area contributed by atoms with Crippen molar-refractivity contribution in [3.8, 4) is 0 Å². The maximum absolute atomic E-state index is 13.1. The lowest BCUT2D eigenvalue weighted by Crippen LogP contribution is -2.61. The quantitative estimate of drug-likeness (QED) is 0.0172. The molecule has 0 bridgehead atoms. The van der Waals surface area contributed by atoms with Crippen LogP contribution in [-0.4, -0.2) is 142 Å². The summed E-state index contributed by atoms with van der Waals surface area (Å²) in [6.45, 7) is 3.65. The maximum atomic E-state index is 13.1. The molecule has 0 saturated carbocycles. The van der Waals surface area contributed by atoms with E-state index in [0.29, 0.717) is 13.0 Å². The molecule has 2 saturated heterocycles. The Hall–Kier alpha value is -2.05. The van der Waals surface area contributed by atoms with Crippen molar-refractivity contribution in [1.29, 1.82) is 0 Å². The first-order valence-corrected chi connectivity index (χ1v) is 28.7. The molecule has 420 valence electrons. The van der Waals surface area contributed by atoms with Crippen molar-refractivity contribution in [2.75, 3.05) is 33.0 Å². The molecule has 14 nitrogen and oxygen atoms in total. The average molecular weight is 1030 g/mol. The Labute approximate surface area is 435 Å². The Morgan fingerprint density at radius 3 is 1.39 bits per heavy atom. The van der Waals surface area contributed by atoms with Crippen molar-refractivity contribution in [1.82, 2.24) is 0 Å². The number of aliphatic hydroxyl groups is 7. The van der Waals surface area contributed by atoms with E-state index in [2.05, 4.69) is 62.5 Å². The molecule has 0 aromatic heterocycles. The molecule has 7 N–H and O–H groups in total. The predicted molar refractivity (Wildman–Crippen MR) is 284 cm³/mol. The van der Waals surface area contributed by atoms with Crippen molar-refractivity contribution in [3.05, 3.63) is 48.6 Å². The smallest absolute Gasteiger partial charge is 0.306 e. The van der Waals surface area contributed by atoms with Crippen LogP contribution < -0.4 is 0 Å². The third-order valence-corrected chi connectivity index (χ3v) is 13.6. The Morgan fingerprint density at radius 1 is 0.458 bits per heavy atom. The van der Waals surface area contributed by atoms with E-state index < -0.39 is 80.7 Å². The number of carbonyl (C=O) groups excluding carboxylic acids is 1. The molecular weight excluding hydrogens is 921 g/mol. The van der Waals surface area contributed by atoms with E-state index in [9.17, 15) is 40.5 Å². The van der Waals surface area contributed by atoms with Gasteiger partial charge in [-0.15, -0.1) is 0 Å². The van der Waals surface area contributed by atoms with E-state index >= 15 is 0 Å². The minimum absolute atomic E-state index is 0.0528. The summed E-state index contributed by atoms with van der Waals surface area (Å²) in [5.41, 5.74) is 0. The zero-order chi connectivity index (χ0) is 52.3. The molecule has 2 rings (SSSR count). The molecule has 2 aliphatic heterocycles. The standard InChI is InChI=1S/C58H104O14/c1-3-5-7-9-11-13-15-17-19-21-23-24-26-28-30-32-34-36-38-40-42-67-44-47(70-50(60)41-39-37-35-33-31-29-27-25-22-20-18-16-14-12-10-8-6-4-2)45-68-57-56(66)54(64)52(62)49(72-57)46-69-58-55(65)53(63)51(61)48(43-59)71-58/h11,13,17,19-20,22-24,47-49,51-59,61-66H,3-10,12,14-16,18,21,25-46H2,1-2H3/b13-11-,19-17-,22-20-,24-23-. The van der Waals surface area contributed by atoms with Gasteiger partial charge in [0, 0.05) is 13.0 Å². The van der Waals surface area contributed by atoms with Crippen LogP contribution in [0.15, 0.2) is 48.6 Å². The van der Waals surface area contributed by atoms with Gasteiger partial charge in [0.2, 0.25) is 0 Å². The van der Waals surface area contributed by atoms with E-state index in [1.54, 1.807) is 0 Å². The Kier molecular flexibility index (Phi) is 41.4. The maximum Gasteiger partial charge on any atom is 0.306 e. The highest BCUT2D eigenvalue weighted by molar-refractivity contribution is 5.69. The van der Waals surface area contributed by atoms with Crippen molar-refractivity contribution >= 4 is 5.97 Å². The van der Waals surface area contributed by atoms with Crippen LogP contribution in [0.3, 0.4) is 0 Å². The molecule has 14 heteroatoms. The fraction of sp³-hybridized carbons (Fsp3) is 0.845. The molecule has 0 aromatic rings. The Bertz CT molecular complexity index is 1370. The van der Waals surface area contributed by atoms with Gasteiger partial charge in [-0.3, -0.25) is 4.79 Å². The molecule has 2 aliphatic rings. The first-order chi connectivity index (χ1) is 35.1. The van der Waals surface area contributed by atoms with Crippen LogP contribution in [0.2, 0.25) is 0 Å².